The van der Waals surface area contributed by atoms with Crippen LogP contribution in [0.15, 0.2) is 30.3 Å². The van der Waals surface area contributed by atoms with Crippen LogP contribution in [0.2, 0.25) is 0 Å². The van der Waals surface area contributed by atoms with Crippen LogP contribution in [0.25, 0.3) is 21.5 Å². The zero-order valence-electron chi connectivity index (χ0n) is 22.2. The van der Waals surface area contributed by atoms with Gasteiger partial charge in [0.2, 0.25) is 0 Å². The van der Waals surface area contributed by atoms with Crippen molar-refractivity contribution >= 4 is 27.6 Å². The van der Waals surface area contributed by atoms with E-state index in [0.29, 0.717) is 48.8 Å². The van der Waals surface area contributed by atoms with Gasteiger partial charge in [-0.05, 0) is 91.4 Å². The van der Waals surface area contributed by atoms with Crippen molar-refractivity contribution in [1.29, 1.82) is 0 Å². The zero-order chi connectivity index (χ0) is 26.5. The highest BCUT2D eigenvalue weighted by atomic mass is 16.6. The molecule has 8 heteroatoms. The van der Waals surface area contributed by atoms with Crippen molar-refractivity contribution in [2.24, 2.45) is 0 Å². The SMILES string of the molecule is COc1cc2cc(CC(O)CCCNC(=O)OC(C)(C)C)c3cc(OC)c(OC)cc3c2cc1OC. The van der Waals surface area contributed by atoms with Crippen LogP contribution in [0.5, 0.6) is 23.0 Å². The third-order valence-corrected chi connectivity index (χ3v) is 5.88. The van der Waals surface area contributed by atoms with E-state index < -0.39 is 17.8 Å². The Labute approximate surface area is 212 Å². The second-order valence-corrected chi connectivity index (χ2v) is 9.65. The summed E-state index contributed by atoms with van der Waals surface area (Å²) >= 11 is 0. The van der Waals surface area contributed by atoms with Crippen molar-refractivity contribution < 1.29 is 33.6 Å². The van der Waals surface area contributed by atoms with Crippen LogP contribution in [-0.2, 0) is 11.2 Å². The maximum absolute atomic E-state index is 11.8. The Morgan fingerprint density at radius 3 is 1.92 bits per heavy atom. The first kappa shape index (κ1) is 27.2. The molecule has 1 amide bonds. The number of ether oxygens (including phenoxy) is 5. The van der Waals surface area contributed by atoms with Gasteiger partial charge in [0.05, 0.1) is 34.5 Å². The molecule has 0 fully saturated rings. The number of benzene rings is 3. The lowest BCUT2D eigenvalue weighted by atomic mass is 9.92. The van der Waals surface area contributed by atoms with Crippen molar-refractivity contribution in [3.63, 3.8) is 0 Å². The molecule has 0 saturated carbocycles. The molecule has 0 aliphatic rings. The molecule has 0 heterocycles. The molecule has 2 N–H and O–H groups in total. The molecule has 0 spiro atoms. The van der Waals surface area contributed by atoms with Crippen LogP contribution in [-0.4, -0.2) is 57.9 Å². The standard InChI is InChI=1S/C28H37NO7/c1-28(2,3)36-27(31)29-10-8-9-19(30)12-17-11-18-13-23(32-4)24(33-5)15-21(18)22-16-26(35-7)25(34-6)14-20(17)22/h11,13-16,19,30H,8-10,12H2,1-7H3,(H,29,31). The van der Waals surface area contributed by atoms with Gasteiger partial charge in [-0.2, -0.15) is 0 Å². The summed E-state index contributed by atoms with van der Waals surface area (Å²) in [5.41, 5.74) is 0.426. The molecule has 3 aromatic rings. The molecule has 1 atom stereocenters. The molecule has 3 rings (SSSR count). The number of amides is 1. The van der Waals surface area contributed by atoms with Crippen LogP contribution in [0.4, 0.5) is 4.79 Å². The smallest absolute Gasteiger partial charge is 0.407 e. The Balaban J connectivity index is 1.90. The molecule has 8 nitrogen and oxygen atoms in total. The summed E-state index contributed by atoms with van der Waals surface area (Å²) in [7, 11) is 6.42. The van der Waals surface area contributed by atoms with Gasteiger partial charge in [0.15, 0.2) is 23.0 Å². The van der Waals surface area contributed by atoms with E-state index in [1.54, 1.807) is 28.4 Å². The fraction of sp³-hybridized carbons (Fsp3) is 0.464. The van der Waals surface area contributed by atoms with E-state index in [4.69, 9.17) is 23.7 Å². The number of carbonyl (C=O) groups is 1. The van der Waals surface area contributed by atoms with Crippen LogP contribution in [0.3, 0.4) is 0 Å². The zero-order valence-corrected chi connectivity index (χ0v) is 22.2. The average molecular weight is 500 g/mol. The molecular weight excluding hydrogens is 462 g/mol. The number of carbonyl (C=O) groups excluding carboxylic acids is 1. The van der Waals surface area contributed by atoms with E-state index in [9.17, 15) is 9.90 Å². The van der Waals surface area contributed by atoms with E-state index in [-0.39, 0.29) is 0 Å². The molecule has 0 aliphatic heterocycles. The molecule has 196 valence electrons. The van der Waals surface area contributed by atoms with E-state index in [1.807, 2.05) is 45.0 Å². The summed E-state index contributed by atoms with van der Waals surface area (Å²) in [6.45, 7) is 5.88. The Hall–Kier alpha value is -3.39. The van der Waals surface area contributed by atoms with Crippen LogP contribution < -0.4 is 24.3 Å². The summed E-state index contributed by atoms with van der Waals surface area (Å²) < 4.78 is 27.4. The van der Waals surface area contributed by atoms with Gasteiger partial charge in [-0.1, -0.05) is 6.07 Å². The first-order valence-electron chi connectivity index (χ1n) is 12.0. The quantitative estimate of drug-likeness (QED) is 0.291. The highest BCUT2D eigenvalue weighted by Crippen LogP contribution is 2.41. The second kappa shape index (κ2) is 11.6. The Kier molecular flexibility index (Phi) is 8.74. The number of alkyl carbamates (subject to hydrolysis) is 1. The molecule has 0 aromatic heterocycles. The third kappa shape index (κ3) is 6.43. The number of methoxy groups -OCH3 is 4. The predicted octanol–water partition coefficient (Wildman–Crippen LogP) is 5.24. The number of aliphatic hydroxyl groups excluding tert-OH is 1. The molecule has 0 radical (unpaired) electrons. The van der Waals surface area contributed by atoms with Gasteiger partial charge in [0.1, 0.15) is 5.60 Å². The van der Waals surface area contributed by atoms with Gasteiger partial charge in [0, 0.05) is 6.54 Å². The summed E-state index contributed by atoms with van der Waals surface area (Å²) in [6.07, 6.45) is 0.521. The minimum Gasteiger partial charge on any atom is -0.493 e. The number of fused-ring (bicyclic) bond motifs is 3. The average Bonchev–Trinajstić information content (AvgIpc) is 2.83. The topological polar surface area (TPSA) is 95.5 Å². The Morgan fingerprint density at radius 2 is 1.36 bits per heavy atom. The van der Waals surface area contributed by atoms with E-state index in [0.717, 1.165) is 27.1 Å². The van der Waals surface area contributed by atoms with Crippen LogP contribution in [0.1, 0.15) is 39.2 Å². The number of hydrogen-bond acceptors (Lipinski definition) is 7. The lowest BCUT2D eigenvalue weighted by Crippen LogP contribution is -2.33. The summed E-state index contributed by atoms with van der Waals surface area (Å²) in [4.78, 5) is 11.8. The maximum atomic E-state index is 11.8. The highest BCUT2D eigenvalue weighted by molar-refractivity contribution is 6.11. The monoisotopic (exact) mass is 499 g/mol. The second-order valence-electron chi connectivity index (χ2n) is 9.65. The van der Waals surface area contributed by atoms with Crippen molar-refractivity contribution in [2.75, 3.05) is 35.0 Å². The lowest BCUT2D eigenvalue weighted by Gasteiger charge is -2.20. The molecule has 0 aliphatic carbocycles. The number of rotatable bonds is 10. The minimum absolute atomic E-state index is 0.423. The maximum Gasteiger partial charge on any atom is 0.407 e. The fourth-order valence-electron chi connectivity index (χ4n) is 4.25. The van der Waals surface area contributed by atoms with Crippen LogP contribution >= 0.6 is 0 Å². The van der Waals surface area contributed by atoms with Gasteiger partial charge < -0.3 is 34.1 Å². The van der Waals surface area contributed by atoms with Crippen molar-refractivity contribution in [3.05, 3.63) is 35.9 Å². The predicted molar refractivity (Wildman–Crippen MR) is 141 cm³/mol. The normalized spacial score (nSPS) is 12.3. The van der Waals surface area contributed by atoms with Crippen molar-refractivity contribution in [2.45, 2.75) is 51.7 Å². The summed E-state index contributed by atoms with van der Waals surface area (Å²) in [6, 6.07) is 9.84. The molecule has 36 heavy (non-hydrogen) atoms. The van der Waals surface area contributed by atoms with E-state index in [2.05, 4.69) is 11.4 Å². The van der Waals surface area contributed by atoms with E-state index >= 15 is 0 Å². The molecule has 3 aromatic carbocycles. The summed E-state index contributed by atoms with van der Waals surface area (Å²) in [5.74, 6) is 2.49. The van der Waals surface area contributed by atoms with Crippen molar-refractivity contribution in [3.8, 4) is 23.0 Å². The van der Waals surface area contributed by atoms with Crippen molar-refractivity contribution in [1.82, 2.24) is 5.32 Å². The fourth-order valence-corrected chi connectivity index (χ4v) is 4.25. The summed E-state index contributed by atoms with van der Waals surface area (Å²) in [5, 5.41) is 17.4. The molecule has 1 unspecified atom stereocenters. The lowest BCUT2D eigenvalue weighted by molar-refractivity contribution is 0.0523. The highest BCUT2D eigenvalue weighted by Gasteiger charge is 2.18. The minimum atomic E-state index is -0.598. The molecule has 0 saturated heterocycles. The number of aliphatic hydroxyl groups is 1. The number of hydrogen-bond donors (Lipinski definition) is 2. The molecule has 0 bridgehead atoms. The van der Waals surface area contributed by atoms with Gasteiger partial charge in [-0.3, -0.25) is 0 Å². The first-order valence-corrected chi connectivity index (χ1v) is 12.0. The van der Waals surface area contributed by atoms with Gasteiger partial charge in [0.25, 0.3) is 0 Å². The Bertz CT molecular complexity index is 1220. The van der Waals surface area contributed by atoms with Crippen LogP contribution in [0, 0.1) is 0 Å². The van der Waals surface area contributed by atoms with Gasteiger partial charge in [-0.15, -0.1) is 0 Å². The Morgan fingerprint density at radius 1 is 0.833 bits per heavy atom. The van der Waals surface area contributed by atoms with Gasteiger partial charge >= 0.3 is 6.09 Å². The largest absolute Gasteiger partial charge is 0.493 e. The molecular formula is C28H37NO7. The first-order chi connectivity index (χ1) is 17.1. The van der Waals surface area contributed by atoms with Gasteiger partial charge in [-0.25, -0.2) is 4.79 Å². The van der Waals surface area contributed by atoms with E-state index in [1.165, 1.54) is 0 Å². The number of nitrogens with one attached hydrogen (secondary N) is 1. The third-order valence-electron chi connectivity index (χ3n) is 5.88.